The Morgan fingerprint density at radius 3 is 2.31 bits per heavy atom. The lowest BCUT2D eigenvalue weighted by Gasteiger charge is -2.46. The molecular formula is C10H21NO2. The number of hydrogen-bond donors (Lipinski definition) is 2. The van der Waals surface area contributed by atoms with Gasteiger partial charge in [0.2, 0.25) is 0 Å². The van der Waals surface area contributed by atoms with Crippen LogP contribution in [0.3, 0.4) is 0 Å². The summed E-state index contributed by atoms with van der Waals surface area (Å²) in [6.45, 7) is 9.34. The molecule has 0 saturated carbocycles. The molecule has 1 fully saturated rings. The molecule has 78 valence electrons. The lowest BCUT2D eigenvalue weighted by atomic mass is 9.76. The molecule has 1 unspecified atom stereocenters. The van der Waals surface area contributed by atoms with Crippen molar-refractivity contribution >= 4 is 0 Å². The average molecular weight is 187 g/mol. The molecule has 13 heavy (non-hydrogen) atoms. The summed E-state index contributed by atoms with van der Waals surface area (Å²) in [5.74, 6) is 0.735. The van der Waals surface area contributed by atoms with Gasteiger partial charge in [-0.3, -0.25) is 4.90 Å². The van der Waals surface area contributed by atoms with E-state index in [1.807, 2.05) is 0 Å². The Kier molecular flexibility index (Phi) is 3.33. The standard InChI is InChI=1S/C10H21NO2/c1-10(2,3)8-4-11(5-8)6-9(13)7-12/h8-9,12-13H,4-7H2,1-3H3. The van der Waals surface area contributed by atoms with Crippen LogP contribution < -0.4 is 0 Å². The van der Waals surface area contributed by atoms with E-state index < -0.39 is 6.10 Å². The molecule has 1 rings (SSSR count). The summed E-state index contributed by atoms with van der Waals surface area (Å²) >= 11 is 0. The van der Waals surface area contributed by atoms with E-state index in [0.717, 1.165) is 19.0 Å². The number of aliphatic hydroxyl groups excluding tert-OH is 2. The zero-order valence-electron chi connectivity index (χ0n) is 8.82. The van der Waals surface area contributed by atoms with Gasteiger partial charge in [0.1, 0.15) is 0 Å². The first-order valence-electron chi connectivity index (χ1n) is 4.94. The number of rotatable bonds is 3. The van der Waals surface area contributed by atoms with Gasteiger partial charge in [0.05, 0.1) is 12.7 Å². The van der Waals surface area contributed by atoms with Crippen molar-refractivity contribution in [3.8, 4) is 0 Å². The Bertz CT molecular complexity index is 159. The topological polar surface area (TPSA) is 43.7 Å². The van der Waals surface area contributed by atoms with Gasteiger partial charge in [-0.05, 0) is 11.3 Å². The van der Waals surface area contributed by atoms with Crippen LogP contribution in [0.25, 0.3) is 0 Å². The highest BCUT2D eigenvalue weighted by atomic mass is 16.3. The van der Waals surface area contributed by atoms with E-state index in [0.29, 0.717) is 12.0 Å². The molecular weight excluding hydrogens is 166 g/mol. The molecule has 1 heterocycles. The Hall–Kier alpha value is -0.120. The van der Waals surface area contributed by atoms with Crippen LogP contribution in [0.5, 0.6) is 0 Å². The summed E-state index contributed by atoms with van der Waals surface area (Å²) in [6.07, 6.45) is -0.569. The predicted octanol–water partition coefficient (Wildman–Crippen LogP) is 0.318. The van der Waals surface area contributed by atoms with Gasteiger partial charge in [0.15, 0.2) is 0 Å². The third-order valence-electron chi connectivity index (χ3n) is 2.86. The van der Waals surface area contributed by atoms with E-state index in [-0.39, 0.29) is 6.61 Å². The van der Waals surface area contributed by atoms with Gasteiger partial charge in [0.25, 0.3) is 0 Å². The third-order valence-corrected chi connectivity index (χ3v) is 2.86. The molecule has 1 atom stereocenters. The Morgan fingerprint density at radius 2 is 1.92 bits per heavy atom. The summed E-state index contributed by atoms with van der Waals surface area (Å²) in [6, 6.07) is 0. The number of aliphatic hydroxyl groups is 2. The fourth-order valence-corrected chi connectivity index (χ4v) is 1.62. The molecule has 1 saturated heterocycles. The molecule has 0 aromatic carbocycles. The molecule has 1 aliphatic rings. The van der Waals surface area contributed by atoms with Crippen molar-refractivity contribution in [2.45, 2.75) is 26.9 Å². The van der Waals surface area contributed by atoms with Crippen LogP contribution >= 0.6 is 0 Å². The molecule has 2 N–H and O–H groups in total. The first-order chi connectivity index (χ1) is 5.93. The molecule has 3 nitrogen and oxygen atoms in total. The first kappa shape index (κ1) is 11.0. The van der Waals surface area contributed by atoms with Crippen molar-refractivity contribution in [1.29, 1.82) is 0 Å². The summed E-state index contributed by atoms with van der Waals surface area (Å²) in [7, 11) is 0. The largest absolute Gasteiger partial charge is 0.394 e. The van der Waals surface area contributed by atoms with Crippen molar-refractivity contribution in [3.05, 3.63) is 0 Å². The number of likely N-dealkylation sites (tertiary alicyclic amines) is 1. The highest BCUT2D eigenvalue weighted by Crippen LogP contribution is 2.33. The molecule has 0 spiro atoms. The summed E-state index contributed by atoms with van der Waals surface area (Å²) < 4.78 is 0. The highest BCUT2D eigenvalue weighted by Gasteiger charge is 2.35. The van der Waals surface area contributed by atoms with Gasteiger partial charge in [0, 0.05) is 19.6 Å². The van der Waals surface area contributed by atoms with Crippen LogP contribution in [0.1, 0.15) is 20.8 Å². The van der Waals surface area contributed by atoms with Crippen molar-refractivity contribution in [2.75, 3.05) is 26.2 Å². The van der Waals surface area contributed by atoms with Gasteiger partial charge in [-0.2, -0.15) is 0 Å². The molecule has 3 heteroatoms. The summed E-state index contributed by atoms with van der Waals surface area (Å²) in [5.41, 5.74) is 0.376. The fourth-order valence-electron chi connectivity index (χ4n) is 1.62. The number of hydrogen-bond acceptors (Lipinski definition) is 3. The average Bonchev–Trinajstić information content (AvgIpc) is 1.92. The Morgan fingerprint density at radius 1 is 1.38 bits per heavy atom. The zero-order valence-corrected chi connectivity index (χ0v) is 8.82. The Balaban J connectivity index is 2.19. The maximum absolute atomic E-state index is 9.19. The van der Waals surface area contributed by atoms with Gasteiger partial charge < -0.3 is 10.2 Å². The number of β-amino-alcohol motifs (C(OH)–C–C–N with tert-alkyl or cyclic N) is 1. The van der Waals surface area contributed by atoms with Crippen molar-refractivity contribution < 1.29 is 10.2 Å². The minimum atomic E-state index is -0.569. The SMILES string of the molecule is CC(C)(C)C1CN(CC(O)CO)C1. The normalized spacial score (nSPS) is 22.8. The van der Waals surface area contributed by atoms with Crippen LogP contribution in [-0.2, 0) is 0 Å². The van der Waals surface area contributed by atoms with Gasteiger partial charge in [-0.1, -0.05) is 20.8 Å². The van der Waals surface area contributed by atoms with Crippen LogP contribution in [0.15, 0.2) is 0 Å². The van der Waals surface area contributed by atoms with Gasteiger partial charge in [-0.25, -0.2) is 0 Å². The van der Waals surface area contributed by atoms with E-state index >= 15 is 0 Å². The molecule has 0 aliphatic carbocycles. The van der Waals surface area contributed by atoms with E-state index in [4.69, 9.17) is 5.11 Å². The molecule has 0 radical (unpaired) electrons. The van der Waals surface area contributed by atoms with E-state index in [1.54, 1.807) is 0 Å². The van der Waals surface area contributed by atoms with E-state index in [1.165, 1.54) is 0 Å². The smallest absolute Gasteiger partial charge is 0.0897 e. The lowest BCUT2D eigenvalue weighted by Crippen LogP contribution is -2.54. The fraction of sp³-hybridized carbons (Fsp3) is 1.00. The molecule has 0 amide bonds. The molecule has 1 aliphatic heterocycles. The van der Waals surface area contributed by atoms with Crippen LogP contribution in [0, 0.1) is 11.3 Å². The second kappa shape index (κ2) is 3.95. The highest BCUT2D eigenvalue weighted by molar-refractivity contribution is 4.88. The van der Waals surface area contributed by atoms with Crippen LogP contribution in [0.2, 0.25) is 0 Å². The molecule has 0 aromatic rings. The van der Waals surface area contributed by atoms with Crippen molar-refractivity contribution in [3.63, 3.8) is 0 Å². The minimum absolute atomic E-state index is 0.128. The molecule has 0 aromatic heterocycles. The maximum atomic E-state index is 9.19. The predicted molar refractivity (Wildman–Crippen MR) is 52.5 cm³/mol. The summed E-state index contributed by atoms with van der Waals surface area (Å²) in [4.78, 5) is 2.19. The van der Waals surface area contributed by atoms with Gasteiger partial charge in [-0.15, -0.1) is 0 Å². The third kappa shape index (κ3) is 2.93. The minimum Gasteiger partial charge on any atom is -0.394 e. The first-order valence-corrected chi connectivity index (χ1v) is 4.94. The lowest BCUT2D eigenvalue weighted by molar-refractivity contribution is -0.0192. The Labute approximate surface area is 80.4 Å². The molecule has 0 bridgehead atoms. The van der Waals surface area contributed by atoms with Crippen LogP contribution in [-0.4, -0.2) is 47.5 Å². The zero-order chi connectivity index (χ0) is 10.1. The maximum Gasteiger partial charge on any atom is 0.0897 e. The van der Waals surface area contributed by atoms with E-state index in [2.05, 4.69) is 25.7 Å². The van der Waals surface area contributed by atoms with E-state index in [9.17, 15) is 5.11 Å². The monoisotopic (exact) mass is 187 g/mol. The van der Waals surface area contributed by atoms with Crippen molar-refractivity contribution in [1.82, 2.24) is 4.90 Å². The number of nitrogens with zero attached hydrogens (tertiary/aromatic N) is 1. The second-order valence-corrected chi connectivity index (χ2v) is 5.12. The van der Waals surface area contributed by atoms with Crippen LogP contribution in [0.4, 0.5) is 0 Å². The van der Waals surface area contributed by atoms with Crippen molar-refractivity contribution in [2.24, 2.45) is 11.3 Å². The second-order valence-electron chi connectivity index (χ2n) is 5.12. The quantitative estimate of drug-likeness (QED) is 0.668. The summed E-state index contributed by atoms with van der Waals surface area (Å²) in [5, 5.41) is 17.8. The van der Waals surface area contributed by atoms with Gasteiger partial charge >= 0.3 is 0 Å².